The Morgan fingerprint density at radius 1 is 1.12 bits per heavy atom. The van der Waals surface area contributed by atoms with E-state index < -0.39 is 0 Å². The number of hydrogen-bond acceptors (Lipinski definition) is 3. The smallest absolute Gasteiger partial charge is 0.229 e. The number of fused-ring (bicyclic) bond motifs is 1. The van der Waals surface area contributed by atoms with Crippen LogP contribution in [-0.2, 0) is 11.2 Å². The Morgan fingerprint density at radius 2 is 1.84 bits per heavy atom. The zero-order valence-electron chi connectivity index (χ0n) is 14.9. The van der Waals surface area contributed by atoms with Crippen LogP contribution in [0.3, 0.4) is 0 Å². The minimum Gasteiger partial charge on any atom is -0.493 e. The van der Waals surface area contributed by atoms with Crippen molar-refractivity contribution in [1.82, 2.24) is 4.90 Å². The molecule has 0 fully saturated rings. The molecule has 1 unspecified atom stereocenters. The van der Waals surface area contributed by atoms with E-state index in [1.165, 1.54) is 11.1 Å². The van der Waals surface area contributed by atoms with Crippen LogP contribution in [0.1, 0.15) is 29.9 Å². The highest BCUT2D eigenvalue weighted by molar-refractivity contribution is 5.84. The molecule has 1 aliphatic carbocycles. The summed E-state index contributed by atoms with van der Waals surface area (Å²) in [6, 6.07) is 15.9. The molecular formula is C21H25NO3. The van der Waals surface area contributed by atoms with Crippen LogP contribution in [0.15, 0.2) is 48.5 Å². The van der Waals surface area contributed by atoms with Gasteiger partial charge in [-0.2, -0.15) is 0 Å². The van der Waals surface area contributed by atoms with Gasteiger partial charge in [0.1, 0.15) is 0 Å². The lowest BCUT2D eigenvalue weighted by Gasteiger charge is -2.22. The molecule has 0 aromatic heterocycles. The van der Waals surface area contributed by atoms with Gasteiger partial charge in [0.2, 0.25) is 5.91 Å². The summed E-state index contributed by atoms with van der Waals surface area (Å²) in [4.78, 5) is 14.6. The number of hydrogen-bond donors (Lipinski definition) is 0. The number of aryl methyl sites for hydroxylation is 1. The van der Waals surface area contributed by atoms with Crippen molar-refractivity contribution in [2.75, 3.05) is 27.3 Å². The number of rotatable bonds is 7. The molecule has 0 spiro atoms. The summed E-state index contributed by atoms with van der Waals surface area (Å²) in [7, 11) is 3.51. The first-order valence-corrected chi connectivity index (χ1v) is 8.79. The van der Waals surface area contributed by atoms with Crippen LogP contribution < -0.4 is 9.47 Å². The number of carbonyl (C=O) groups excluding carboxylic acids is 1. The van der Waals surface area contributed by atoms with Gasteiger partial charge in [-0.05, 0) is 42.5 Å². The van der Waals surface area contributed by atoms with Crippen molar-refractivity contribution in [3.8, 4) is 11.5 Å². The van der Waals surface area contributed by atoms with Gasteiger partial charge in [-0.3, -0.25) is 4.79 Å². The Bertz CT molecular complexity index is 729. The SMILES string of the molecule is COc1ccccc1OCCCN(C)C(=O)C1CCc2ccccc21. The third kappa shape index (κ3) is 3.95. The fourth-order valence-corrected chi connectivity index (χ4v) is 3.41. The molecule has 1 atom stereocenters. The quantitative estimate of drug-likeness (QED) is 0.723. The summed E-state index contributed by atoms with van der Waals surface area (Å²) in [5.74, 6) is 1.69. The van der Waals surface area contributed by atoms with Crippen LogP contribution in [0.5, 0.6) is 11.5 Å². The zero-order valence-corrected chi connectivity index (χ0v) is 14.9. The van der Waals surface area contributed by atoms with Crippen molar-refractivity contribution in [2.45, 2.75) is 25.2 Å². The van der Waals surface area contributed by atoms with Crippen LogP contribution in [0.2, 0.25) is 0 Å². The van der Waals surface area contributed by atoms with E-state index in [4.69, 9.17) is 9.47 Å². The standard InChI is InChI=1S/C21H25NO3/c1-22(14-7-15-25-20-11-6-5-10-19(20)24-2)21(23)18-13-12-16-8-3-4-9-17(16)18/h3-6,8-11,18H,7,12-15H2,1-2H3. The molecule has 0 bridgehead atoms. The van der Waals surface area contributed by atoms with Gasteiger partial charge >= 0.3 is 0 Å². The van der Waals surface area contributed by atoms with Crippen LogP contribution in [0.4, 0.5) is 0 Å². The second-order valence-corrected chi connectivity index (χ2v) is 6.40. The van der Waals surface area contributed by atoms with Crippen LogP contribution in [-0.4, -0.2) is 38.1 Å². The molecule has 0 aliphatic heterocycles. The van der Waals surface area contributed by atoms with E-state index in [1.54, 1.807) is 7.11 Å². The van der Waals surface area contributed by atoms with E-state index in [0.717, 1.165) is 30.8 Å². The van der Waals surface area contributed by atoms with E-state index in [-0.39, 0.29) is 11.8 Å². The monoisotopic (exact) mass is 339 g/mol. The van der Waals surface area contributed by atoms with Gasteiger partial charge in [0, 0.05) is 13.6 Å². The van der Waals surface area contributed by atoms with Gasteiger partial charge in [0.25, 0.3) is 0 Å². The summed E-state index contributed by atoms with van der Waals surface area (Å²) in [5, 5.41) is 0. The Hall–Kier alpha value is -2.49. The molecule has 2 aromatic rings. The first kappa shape index (κ1) is 17.3. The van der Waals surface area contributed by atoms with Gasteiger partial charge in [-0.15, -0.1) is 0 Å². The fraction of sp³-hybridized carbons (Fsp3) is 0.381. The maximum atomic E-state index is 12.7. The third-order valence-corrected chi connectivity index (χ3v) is 4.77. The average molecular weight is 339 g/mol. The van der Waals surface area contributed by atoms with E-state index >= 15 is 0 Å². The topological polar surface area (TPSA) is 38.8 Å². The molecule has 0 N–H and O–H groups in total. The van der Waals surface area contributed by atoms with E-state index in [1.807, 2.05) is 48.3 Å². The van der Waals surface area contributed by atoms with Gasteiger partial charge in [-0.25, -0.2) is 0 Å². The Morgan fingerprint density at radius 3 is 2.64 bits per heavy atom. The second kappa shape index (κ2) is 8.06. The predicted octanol–water partition coefficient (Wildman–Crippen LogP) is 3.65. The maximum Gasteiger partial charge on any atom is 0.229 e. The summed E-state index contributed by atoms with van der Waals surface area (Å²) >= 11 is 0. The molecule has 4 nitrogen and oxygen atoms in total. The van der Waals surface area contributed by atoms with E-state index in [0.29, 0.717) is 13.2 Å². The van der Waals surface area contributed by atoms with Crippen molar-refractivity contribution in [3.63, 3.8) is 0 Å². The molecule has 0 saturated carbocycles. The van der Waals surface area contributed by atoms with Gasteiger partial charge in [-0.1, -0.05) is 36.4 Å². The Kier molecular flexibility index (Phi) is 5.59. The van der Waals surface area contributed by atoms with Crippen LogP contribution in [0, 0.1) is 0 Å². The van der Waals surface area contributed by atoms with E-state index in [2.05, 4.69) is 12.1 Å². The summed E-state index contributed by atoms with van der Waals surface area (Å²) in [5.41, 5.74) is 2.51. The minimum absolute atomic E-state index is 0.0105. The maximum absolute atomic E-state index is 12.7. The van der Waals surface area contributed by atoms with Crippen molar-refractivity contribution in [1.29, 1.82) is 0 Å². The zero-order chi connectivity index (χ0) is 17.6. The lowest BCUT2D eigenvalue weighted by atomic mass is 10.00. The van der Waals surface area contributed by atoms with Gasteiger partial charge in [0.05, 0.1) is 19.6 Å². The van der Waals surface area contributed by atoms with Gasteiger partial charge < -0.3 is 14.4 Å². The first-order valence-electron chi connectivity index (χ1n) is 8.79. The fourth-order valence-electron chi connectivity index (χ4n) is 3.41. The lowest BCUT2D eigenvalue weighted by Crippen LogP contribution is -2.32. The third-order valence-electron chi connectivity index (χ3n) is 4.77. The number of methoxy groups -OCH3 is 1. The van der Waals surface area contributed by atoms with E-state index in [9.17, 15) is 4.79 Å². The second-order valence-electron chi connectivity index (χ2n) is 6.40. The summed E-state index contributed by atoms with van der Waals surface area (Å²) < 4.78 is 11.0. The normalized spacial score (nSPS) is 15.5. The Balaban J connectivity index is 1.48. The number of para-hydroxylation sites is 2. The molecule has 1 amide bonds. The number of amides is 1. The molecule has 132 valence electrons. The number of carbonyl (C=O) groups is 1. The molecule has 2 aromatic carbocycles. The summed E-state index contributed by atoms with van der Waals surface area (Å²) in [6.45, 7) is 1.24. The molecule has 0 heterocycles. The Labute approximate surface area is 149 Å². The number of likely N-dealkylation sites (N-methyl/N-ethyl adjacent to an activating group) is 1. The van der Waals surface area contributed by atoms with Crippen molar-refractivity contribution >= 4 is 5.91 Å². The first-order chi connectivity index (χ1) is 12.2. The molecular weight excluding hydrogens is 314 g/mol. The molecule has 0 radical (unpaired) electrons. The molecule has 0 saturated heterocycles. The lowest BCUT2D eigenvalue weighted by molar-refractivity contribution is -0.131. The van der Waals surface area contributed by atoms with Crippen LogP contribution in [0.25, 0.3) is 0 Å². The number of ether oxygens (including phenoxy) is 2. The van der Waals surface area contributed by atoms with Crippen molar-refractivity contribution < 1.29 is 14.3 Å². The molecule has 1 aliphatic rings. The molecule has 3 rings (SSSR count). The highest BCUT2D eigenvalue weighted by Crippen LogP contribution is 2.34. The minimum atomic E-state index is 0.0105. The number of benzene rings is 2. The summed E-state index contributed by atoms with van der Waals surface area (Å²) in [6.07, 6.45) is 2.70. The van der Waals surface area contributed by atoms with Crippen molar-refractivity contribution in [3.05, 3.63) is 59.7 Å². The van der Waals surface area contributed by atoms with Crippen LogP contribution >= 0.6 is 0 Å². The van der Waals surface area contributed by atoms with Gasteiger partial charge in [0.15, 0.2) is 11.5 Å². The highest BCUT2D eigenvalue weighted by Gasteiger charge is 2.29. The predicted molar refractivity (Wildman–Crippen MR) is 98.2 cm³/mol. The molecule has 4 heteroatoms. The largest absolute Gasteiger partial charge is 0.493 e. The average Bonchev–Trinajstić information content (AvgIpc) is 3.08. The number of nitrogens with zero attached hydrogens (tertiary/aromatic N) is 1. The van der Waals surface area contributed by atoms with Crippen molar-refractivity contribution in [2.24, 2.45) is 0 Å². The highest BCUT2D eigenvalue weighted by atomic mass is 16.5. The molecule has 25 heavy (non-hydrogen) atoms.